The first-order chi connectivity index (χ1) is 5.74. The molecule has 0 atom stereocenters. The van der Waals surface area contributed by atoms with Gasteiger partial charge in [0.1, 0.15) is 0 Å². The van der Waals surface area contributed by atoms with Gasteiger partial charge in [0, 0.05) is 12.1 Å². The molecule has 0 radical (unpaired) electrons. The predicted molar refractivity (Wildman–Crippen MR) is 52.8 cm³/mol. The van der Waals surface area contributed by atoms with Gasteiger partial charge >= 0.3 is 0 Å². The van der Waals surface area contributed by atoms with Crippen LogP contribution in [0.5, 0.6) is 0 Å². The average Bonchev–Trinajstić information content (AvgIpc) is 2.06. The number of hydrogen-bond acceptors (Lipinski definition) is 1. The summed E-state index contributed by atoms with van der Waals surface area (Å²) >= 11 is 0. The van der Waals surface area contributed by atoms with Crippen LogP contribution in [0.4, 0.5) is 0 Å². The van der Waals surface area contributed by atoms with Crippen LogP contribution in [0.25, 0.3) is 0 Å². The molecule has 0 saturated carbocycles. The second kappa shape index (κ2) is 3.86. The predicted octanol–water partition coefficient (Wildman–Crippen LogP) is 2.94. The number of hydrogen-bond donors (Lipinski definition) is 1. The van der Waals surface area contributed by atoms with Crippen LogP contribution in [0, 0.1) is 12.3 Å². The molecule has 1 aromatic carbocycles. The fourth-order valence-corrected chi connectivity index (χ4v) is 1.02. The SMILES string of the molecule is C=CCC(=N)c1ccc(C)cc1. The van der Waals surface area contributed by atoms with Crippen molar-refractivity contribution in [3.05, 3.63) is 48.0 Å². The molecule has 0 aromatic heterocycles. The van der Waals surface area contributed by atoms with Crippen molar-refractivity contribution >= 4 is 5.71 Å². The number of allylic oxidation sites excluding steroid dienone is 1. The third-order valence-electron chi connectivity index (χ3n) is 1.75. The summed E-state index contributed by atoms with van der Waals surface area (Å²) in [7, 11) is 0. The van der Waals surface area contributed by atoms with Crippen LogP contribution in [0.1, 0.15) is 17.5 Å². The van der Waals surface area contributed by atoms with Gasteiger partial charge in [0.05, 0.1) is 0 Å². The maximum Gasteiger partial charge on any atom is 0.0423 e. The summed E-state index contributed by atoms with van der Waals surface area (Å²) in [4.78, 5) is 0. The maximum atomic E-state index is 7.63. The molecule has 12 heavy (non-hydrogen) atoms. The number of aryl methyl sites for hydroxylation is 1. The van der Waals surface area contributed by atoms with E-state index in [0.717, 1.165) is 5.56 Å². The Morgan fingerprint density at radius 3 is 2.50 bits per heavy atom. The molecule has 0 saturated heterocycles. The first kappa shape index (κ1) is 8.72. The van der Waals surface area contributed by atoms with Crippen molar-refractivity contribution in [1.29, 1.82) is 5.41 Å². The second-order valence-corrected chi connectivity index (χ2v) is 2.84. The standard InChI is InChI=1S/C11H13N/c1-3-4-11(12)10-7-5-9(2)6-8-10/h3,5-8,12H,1,4H2,2H3. The Hall–Kier alpha value is -1.37. The van der Waals surface area contributed by atoms with E-state index in [-0.39, 0.29) is 0 Å². The molecular formula is C11H13N. The summed E-state index contributed by atoms with van der Waals surface area (Å²) in [5, 5.41) is 7.63. The average molecular weight is 159 g/mol. The quantitative estimate of drug-likeness (QED) is 0.518. The normalized spacial score (nSPS) is 9.42. The summed E-state index contributed by atoms with van der Waals surface area (Å²) in [6, 6.07) is 7.99. The van der Waals surface area contributed by atoms with Crippen LogP contribution in [0.3, 0.4) is 0 Å². The van der Waals surface area contributed by atoms with Gasteiger partial charge < -0.3 is 5.41 Å². The van der Waals surface area contributed by atoms with Crippen molar-refractivity contribution in [3.63, 3.8) is 0 Å². The highest BCUT2D eigenvalue weighted by Crippen LogP contribution is 2.05. The van der Waals surface area contributed by atoms with Crippen LogP contribution < -0.4 is 0 Å². The number of rotatable bonds is 3. The van der Waals surface area contributed by atoms with Crippen molar-refractivity contribution in [2.45, 2.75) is 13.3 Å². The largest absolute Gasteiger partial charge is 0.304 e. The summed E-state index contributed by atoms with van der Waals surface area (Å²) < 4.78 is 0. The summed E-state index contributed by atoms with van der Waals surface area (Å²) in [6.45, 7) is 5.65. The summed E-state index contributed by atoms with van der Waals surface area (Å²) in [5.41, 5.74) is 2.84. The van der Waals surface area contributed by atoms with E-state index in [1.165, 1.54) is 5.56 Å². The first-order valence-electron chi connectivity index (χ1n) is 3.99. The minimum Gasteiger partial charge on any atom is -0.304 e. The molecule has 0 aliphatic rings. The Morgan fingerprint density at radius 1 is 1.42 bits per heavy atom. The topological polar surface area (TPSA) is 23.9 Å². The highest BCUT2D eigenvalue weighted by molar-refractivity contribution is 5.98. The first-order valence-corrected chi connectivity index (χ1v) is 3.99. The van der Waals surface area contributed by atoms with Gasteiger partial charge in [-0.2, -0.15) is 0 Å². The van der Waals surface area contributed by atoms with Crippen molar-refractivity contribution in [2.75, 3.05) is 0 Å². The van der Waals surface area contributed by atoms with Gasteiger partial charge in [0.15, 0.2) is 0 Å². The molecule has 0 unspecified atom stereocenters. The van der Waals surface area contributed by atoms with E-state index in [1.54, 1.807) is 6.08 Å². The van der Waals surface area contributed by atoms with E-state index in [2.05, 4.69) is 6.58 Å². The van der Waals surface area contributed by atoms with Gasteiger partial charge in [-0.05, 0) is 12.5 Å². The Kier molecular flexibility index (Phi) is 2.81. The van der Waals surface area contributed by atoms with E-state index in [0.29, 0.717) is 12.1 Å². The van der Waals surface area contributed by atoms with Crippen molar-refractivity contribution in [1.82, 2.24) is 0 Å². The third kappa shape index (κ3) is 2.06. The smallest absolute Gasteiger partial charge is 0.0423 e. The number of nitrogens with one attached hydrogen (secondary N) is 1. The molecule has 1 heteroatoms. The van der Waals surface area contributed by atoms with Gasteiger partial charge in [-0.15, -0.1) is 6.58 Å². The molecule has 1 aromatic rings. The van der Waals surface area contributed by atoms with Crippen LogP contribution in [-0.2, 0) is 0 Å². The lowest BCUT2D eigenvalue weighted by molar-refractivity contribution is 1.35. The lowest BCUT2D eigenvalue weighted by Gasteiger charge is -2.00. The van der Waals surface area contributed by atoms with E-state index in [9.17, 15) is 0 Å². The highest BCUT2D eigenvalue weighted by Gasteiger charge is 1.96. The van der Waals surface area contributed by atoms with Gasteiger partial charge in [-0.25, -0.2) is 0 Å². The fraction of sp³-hybridized carbons (Fsp3) is 0.182. The molecule has 0 fully saturated rings. The van der Waals surface area contributed by atoms with Crippen molar-refractivity contribution < 1.29 is 0 Å². The molecule has 1 N–H and O–H groups in total. The Morgan fingerprint density at radius 2 is 2.00 bits per heavy atom. The molecular weight excluding hydrogens is 146 g/mol. The van der Waals surface area contributed by atoms with E-state index in [4.69, 9.17) is 5.41 Å². The minimum absolute atomic E-state index is 0.630. The maximum absolute atomic E-state index is 7.63. The third-order valence-corrected chi connectivity index (χ3v) is 1.75. The van der Waals surface area contributed by atoms with Crippen LogP contribution in [0.15, 0.2) is 36.9 Å². The number of benzene rings is 1. The zero-order valence-electron chi connectivity index (χ0n) is 7.30. The zero-order chi connectivity index (χ0) is 8.97. The van der Waals surface area contributed by atoms with Crippen LogP contribution in [0.2, 0.25) is 0 Å². The molecule has 0 aliphatic carbocycles. The van der Waals surface area contributed by atoms with Gasteiger partial charge in [-0.3, -0.25) is 0 Å². The molecule has 0 spiro atoms. The molecule has 1 rings (SSSR count). The molecule has 0 amide bonds. The molecule has 62 valence electrons. The fourth-order valence-electron chi connectivity index (χ4n) is 1.02. The summed E-state index contributed by atoms with van der Waals surface area (Å²) in [5.74, 6) is 0. The zero-order valence-corrected chi connectivity index (χ0v) is 7.30. The molecule has 1 nitrogen and oxygen atoms in total. The van der Waals surface area contributed by atoms with Gasteiger partial charge in [0.25, 0.3) is 0 Å². The highest BCUT2D eigenvalue weighted by atomic mass is 14.4. The van der Waals surface area contributed by atoms with Crippen molar-refractivity contribution in [3.8, 4) is 0 Å². The van der Waals surface area contributed by atoms with Crippen LogP contribution in [-0.4, -0.2) is 5.71 Å². The second-order valence-electron chi connectivity index (χ2n) is 2.84. The van der Waals surface area contributed by atoms with E-state index in [1.807, 2.05) is 31.2 Å². The van der Waals surface area contributed by atoms with Crippen LogP contribution >= 0.6 is 0 Å². The molecule has 0 aliphatic heterocycles. The lowest BCUT2D eigenvalue weighted by Crippen LogP contribution is -1.96. The Labute approximate surface area is 73.3 Å². The Balaban J connectivity index is 2.82. The summed E-state index contributed by atoms with van der Waals surface area (Å²) in [6.07, 6.45) is 2.39. The minimum atomic E-state index is 0.630. The monoisotopic (exact) mass is 159 g/mol. The van der Waals surface area contributed by atoms with Gasteiger partial charge in [-0.1, -0.05) is 35.9 Å². The van der Waals surface area contributed by atoms with E-state index >= 15 is 0 Å². The Bertz CT molecular complexity index is 282. The van der Waals surface area contributed by atoms with E-state index < -0.39 is 0 Å². The lowest BCUT2D eigenvalue weighted by atomic mass is 10.1. The molecule has 0 bridgehead atoms. The van der Waals surface area contributed by atoms with Gasteiger partial charge in [0.2, 0.25) is 0 Å². The molecule has 0 heterocycles. The van der Waals surface area contributed by atoms with Crippen molar-refractivity contribution in [2.24, 2.45) is 0 Å².